The Bertz CT molecular complexity index is 3940. The normalized spacial score (nSPS) is 13.7. The Balaban J connectivity index is 0.723. The molecular weight excluding hydrogens is 1220 g/mol. The van der Waals surface area contributed by atoms with Crippen molar-refractivity contribution in [1.82, 2.24) is 34.6 Å². The highest BCUT2D eigenvalue weighted by atomic mass is 32.2. The molecule has 1 saturated heterocycles. The van der Waals surface area contributed by atoms with E-state index in [2.05, 4.69) is 30.5 Å². The van der Waals surface area contributed by atoms with E-state index in [1.54, 1.807) is 44.4 Å². The van der Waals surface area contributed by atoms with E-state index in [1.807, 2.05) is 83.1 Å². The number of hydrogen-bond acceptors (Lipinski definition) is 18. The lowest BCUT2D eigenvalue weighted by Gasteiger charge is -2.35. The summed E-state index contributed by atoms with van der Waals surface area (Å²) in [6, 6.07) is 20.4. The Hall–Kier alpha value is -9.00. The second-order valence-corrected chi connectivity index (χ2v) is 25.9. The highest BCUT2D eigenvalue weighted by Gasteiger charge is 2.26. The number of pyridine rings is 1. The first-order valence-electron chi connectivity index (χ1n) is 32.1. The van der Waals surface area contributed by atoms with Crippen LogP contribution in [0.3, 0.4) is 0 Å². The number of piperazine rings is 1. The van der Waals surface area contributed by atoms with E-state index >= 15 is 0 Å². The molecule has 1 aliphatic heterocycles. The van der Waals surface area contributed by atoms with Crippen molar-refractivity contribution in [2.45, 2.75) is 103 Å². The van der Waals surface area contributed by atoms with Crippen LogP contribution in [0.5, 0.6) is 34.5 Å². The van der Waals surface area contributed by atoms with Gasteiger partial charge in [-0.05, 0) is 139 Å². The molecule has 5 N–H and O–H groups in total. The molecule has 2 amide bonds. The molecule has 0 radical (unpaired) electrons. The number of ketones is 2. The summed E-state index contributed by atoms with van der Waals surface area (Å²) in [5.41, 5.74) is 6.71. The molecule has 4 aromatic carbocycles. The summed E-state index contributed by atoms with van der Waals surface area (Å²) >= 11 is 0. The van der Waals surface area contributed by atoms with Crippen LogP contribution in [-0.2, 0) is 38.5 Å². The Morgan fingerprint density at radius 1 is 0.755 bits per heavy atom. The SMILES string of the molecule is CCCOc1cc(OCCCCN(C)CC(=O)NCCCCC(=O)NCCN2CCN(c3ccc(-c4cc(NC(C)C)c(C=N)c(C(=O)CCC5=C(C)C=C(C)CC5=O)c4)cn3)CC2)cc(Oc2cc3c(cc2NS(=O)(=O)c2ccc(OC)c(OC)c2)n(C)c(=O)n3C)c1. The van der Waals surface area contributed by atoms with Crippen molar-refractivity contribution in [3.63, 3.8) is 0 Å². The number of aromatic nitrogens is 3. The highest BCUT2D eigenvalue weighted by molar-refractivity contribution is 7.92. The molecule has 6 aromatic rings. The third kappa shape index (κ3) is 18.9. The third-order valence-corrected chi connectivity index (χ3v) is 17.9. The summed E-state index contributed by atoms with van der Waals surface area (Å²) in [6.45, 7) is 16.5. The highest BCUT2D eigenvalue weighted by Crippen LogP contribution is 2.39. The average Bonchev–Trinajstić information content (AvgIpc) is 1.50. The van der Waals surface area contributed by atoms with Gasteiger partial charge in [-0.2, -0.15) is 0 Å². The molecule has 0 unspecified atom stereocenters. The van der Waals surface area contributed by atoms with Gasteiger partial charge in [-0.3, -0.25) is 42.8 Å². The number of ether oxygens (including phenoxy) is 5. The molecule has 2 aromatic heterocycles. The van der Waals surface area contributed by atoms with Crippen LogP contribution in [0.2, 0.25) is 0 Å². The number of aryl methyl sites for hydroxylation is 2. The second-order valence-electron chi connectivity index (χ2n) is 24.2. The van der Waals surface area contributed by atoms with Crippen molar-refractivity contribution in [2.75, 3.05) is 108 Å². The standard InChI is InChI=1S/C70H91N11O12S/c1-11-31-91-51-37-52(39-53(38-51)93-65-42-61-60(78(7)70(86)79(61)8)41-59(65)76-94(87,88)54-18-21-64(89-9)66(40-54)90-10)92-32-15-14-25-77(6)45-69(85)72-23-13-12-16-68(84)73-24-26-80-27-29-81(30-28-80)67-22-17-49(44-74-67)50-35-56(57(43-71)58(36-50)75-46(2)3)62(82)20-19-55-48(5)33-47(4)34-63(55)83/h17-18,21-22,33,35-44,46,71,75-76H,11-16,19-20,23-32,34,45H2,1-10H3,(H,72,85)(H,73,84). The monoisotopic (exact) mass is 1310 g/mol. The minimum Gasteiger partial charge on any atom is -0.493 e. The molecular formula is C70H91N11O12S. The molecule has 8 rings (SSSR count). The minimum absolute atomic E-state index is 0.0157. The number of likely N-dealkylation sites (N-methyl/N-ethyl adjacent to an activating group) is 1. The van der Waals surface area contributed by atoms with Crippen molar-refractivity contribution in [2.24, 2.45) is 14.1 Å². The van der Waals surface area contributed by atoms with Crippen LogP contribution in [0, 0.1) is 5.41 Å². The number of carbonyl (C=O) groups is 4. The van der Waals surface area contributed by atoms with Gasteiger partial charge in [0.15, 0.2) is 28.8 Å². The van der Waals surface area contributed by atoms with Gasteiger partial charge in [0.25, 0.3) is 10.0 Å². The lowest BCUT2D eigenvalue weighted by molar-refractivity contribution is -0.122. The first-order chi connectivity index (χ1) is 45.1. The number of nitrogens with one attached hydrogen (secondary N) is 5. The Labute approximate surface area is 551 Å². The Morgan fingerprint density at radius 3 is 2.13 bits per heavy atom. The molecule has 2 aliphatic rings. The van der Waals surface area contributed by atoms with Crippen molar-refractivity contribution in [3.05, 3.63) is 123 Å². The average molecular weight is 1310 g/mol. The van der Waals surface area contributed by atoms with Crippen molar-refractivity contribution < 1.29 is 51.3 Å². The molecule has 0 bridgehead atoms. The van der Waals surface area contributed by atoms with Gasteiger partial charge >= 0.3 is 5.69 Å². The number of rotatable bonds is 35. The molecule has 504 valence electrons. The first kappa shape index (κ1) is 70.9. The van der Waals surface area contributed by atoms with Gasteiger partial charge < -0.3 is 49.9 Å². The Kier molecular flexibility index (Phi) is 25.0. The fourth-order valence-corrected chi connectivity index (χ4v) is 12.6. The zero-order chi connectivity index (χ0) is 67.6. The number of carbonyl (C=O) groups excluding carboxylic acids is 4. The first-order valence-corrected chi connectivity index (χ1v) is 33.6. The van der Waals surface area contributed by atoms with Crippen LogP contribution in [0.1, 0.15) is 108 Å². The fraction of sp³-hybridized carbons (Fsp3) is 0.443. The summed E-state index contributed by atoms with van der Waals surface area (Å²) in [7, 11) is 3.76. The number of benzene rings is 4. The largest absolute Gasteiger partial charge is 0.493 e. The number of sulfonamides is 1. The number of amides is 2. The minimum atomic E-state index is -4.22. The maximum atomic E-state index is 13.9. The van der Waals surface area contributed by atoms with E-state index in [-0.39, 0.29) is 70.2 Å². The van der Waals surface area contributed by atoms with Gasteiger partial charge in [0.05, 0.1) is 55.6 Å². The van der Waals surface area contributed by atoms with Crippen molar-refractivity contribution in [3.8, 4) is 45.6 Å². The summed E-state index contributed by atoms with van der Waals surface area (Å²) in [5.74, 6) is 2.65. The third-order valence-electron chi connectivity index (χ3n) is 16.5. The number of methoxy groups -OCH3 is 2. The summed E-state index contributed by atoms with van der Waals surface area (Å²) in [4.78, 5) is 76.6. The molecule has 1 fully saturated rings. The number of nitrogens with zero attached hydrogens (tertiary/aromatic N) is 6. The zero-order valence-corrected chi connectivity index (χ0v) is 56.7. The number of hydrogen-bond donors (Lipinski definition) is 5. The van der Waals surface area contributed by atoms with Gasteiger partial charge in [0, 0.05) is 150 Å². The quantitative estimate of drug-likeness (QED) is 0.0141. The van der Waals surface area contributed by atoms with Crippen LogP contribution in [0.4, 0.5) is 17.2 Å². The predicted molar refractivity (Wildman–Crippen MR) is 368 cm³/mol. The van der Waals surface area contributed by atoms with Crippen molar-refractivity contribution in [1.29, 1.82) is 5.41 Å². The molecule has 1 aliphatic carbocycles. The van der Waals surface area contributed by atoms with Crippen LogP contribution in [0.25, 0.3) is 22.2 Å². The maximum absolute atomic E-state index is 13.9. The van der Waals surface area contributed by atoms with Crippen molar-refractivity contribution >= 4 is 67.8 Å². The van der Waals surface area contributed by atoms with E-state index in [9.17, 15) is 32.4 Å². The molecule has 23 nitrogen and oxygen atoms in total. The van der Waals surface area contributed by atoms with E-state index in [0.717, 1.165) is 73.7 Å². The van der Waals surface area contributed by atoms with Gasteiger partial charge in [-0.15, -0.1) is 0 Å². The van der Waals surface area contributed by atoms with E-state index in [0.29, 0.717) is 128 Å². The number of unbranched alkanes of at least 4 members (excludes halogenated alkanes) is 2. The summed E-state index contributed by atoms with van der Waals surface area (Å²) in [5, 5.41) is 17.7. The van der Waals surface area contributed by atoms with Crippen LogP contribution < -0.4 is 54.9 Å². The number of imidazole rings is 1. The molecule has 0 saturated carbocycles. The number of allylic oxidation sites excluding steroid dienone is 4. The van der Waals surface area contributed by atoms with Crippen LogP contribution in [0.15, 0.2) is 111 Å². The zero-order valence-electron chi connectivity index (χ0n) is 55.9. The van der Waals surface area contributed by atoms with Crippen LogP contribution >= 0.6 is 0 Å². The van der Waals surface area contributed by atoms with E-state index < -0.39 is 10.0 Å². The molecule has 3 heterocycles. The number of fused-ring (bicyclic) bond motifs is 1. The van der Waals surface area contributed by atoms with Gasteiger partial charge in [-0.25, -0.2) is 18.2 Å². The molecule has 94 heavy (non-hydrogen) atoms. The molecule has 0 spiro atoms. The molecule has 0 atom stereocenters. The lowest BCUT2D eigenvalue weighted by Crippen LogP contribution is -2.48. The maximum Gasteiger partial charge on any atom is 0.328 e. The van der Waals surface area contributed by atoms with Gasteiger partial charge in [0.1, 0.15) is 23.1 Å². The van der Waals surface area contributed by atoms with E-state index in [4.69, 9.17) is 34.1 Å². The van der Waals surface area contributed by atoms with E-state index in [1.165, 1.54) is 47.8 Å². The number of Topliss-reactive ketones (excluding diaryl/α,β-unsaturated/α-hetero) is 2. The fourth-order valence-electron chi connectivity index (χ4n) is 11.5. The topological polar surface area (TPSA) is 270 Å². The predicted octanol–water partition coefficient (Wildman–Crippen LogP) is 9.67. The number of anilines is 3. The summed E-state index contributed by atoms with van der Waals surface area (Å²) in [6.07, 6.45) is 9.83. The Morgan fingerprint density at radius 2 is 1.46 bits per heavy atom. The van der Waals surface area contributed by atoms with Gasteiger partial charge in [-0.1, -0.05) is 18.6 Å². The van der Waals surface area contributed by atoms with Crippen LogP contribution in [-0.4, -0.2) is 161 Å². The second kappa shape index (κ2) is 33.2. The smallest absolute Gasteiger partial charge is 0.328 e. The lowest BCUT2D eigenvalue weighted by atomic mass is 9.88. The summed E-state index contributed by atoms with van der Waals surface area (Å²) < 4.78 is 62.6. The van der Waals surface area contributed by atoms with Gasteiger partial charge in [0.2, 0.25) is 11.8 Å². The molecule has 24 heteroatoms.